The quantitative estimate of drug-likeness (QED) is 0.767. The van der Waals surface area contributed by atoms with Gasteiger partial charge in [-0.2, -0.15) is 0 Å². The van der Waals surface area contributed by atoms with Crippen LogP contribution in [0.5, 0.6) is 0 Å². The van der Waals surface area contributed by atoms with E-state index in [9.17, 15) is 4.79 Å². The van der Waals surface area contributed by atoms with E-state index in [2.05, 4.69) is 5.32 Å². The first kappa shape index (κ1) is 10.5. The zero-order chi connectivity index (χ0) is 11.0. The van der Waals surface area contributed by atoms with E-state index < -0.39 is 0 Å². The number of carbonyl (C=O) groups excluding carboxylic acids is 1. The molecular formula is C11H13ClN2O. The number of benzene rings is 1. The molecule has 80 valence electrons. The number of halogens is 1. The number of rotatable bonds is 1. The van der Waals surface area contributed by atoms with E-state index >= 15 is 0 Å². The fraction of sp³-hybridized carbons (Fsp3) is 0.364. The van der Waals surface area contributed by atoms with Crippen LogP contribution in [0.25, 0.3) is 0 Å². The zero-order valence-corrected chi connectivity index (χ0v) is 9.27. The first-order valence-electron chi connectivity index (χ1n) is 4.92. The molecule has 1 aromatic rings. The Morgan fingerprint density at radius 1 is 1.60 bits per heavy atom. The number of nitrogens with two attached hydrogens (primary N) is 1. The maximum atomic E-state index is 11.4. The van der Waals surface area contributed by atoms with Crippen LogP contribution in [-0.2, 0) is 4.79 Å². The fourth-order valence-corrected chi connectivity index (χ4v) is 2.12. The van der Waals surface area contributed by atoms with Crippen LogP contribution in [0.3, 0.4) is 0 Å². The molecule has 0 spiro atoms. The van der Waals surface area contributed by atoms with Crippen LogP contribution < -0.4 is 11.1 Å². The van der Waals surface area contributed by atoms with Gasteiger partial charge in [0.2, 0.25) is 5.91 Å². The van der Waals surface area contributed by atoms with Gasteiger partial charge >= 0.3 is 0 Å². The standard InChI is InChI=1S/C11H13ClN2O/c1-6-2-3-8-7(5-13)4-9(15)14-11(8)10(6)12/h2-3,7H,4-5,13H2,1H3,(H,14,15). The average molecular weight is 225 g/mol. The first-order chi connectivity index (χ1) is 7.13. The SMILES string of the molecule is Cc1ccc2c(c1Cl)NC(=O)CC2CN. The van der Waals surface area contributed by atoms with Crippen molar-refractivity contribution in [2.45, 2.75) is 19.3 Å². The number of amides is 1. The summed E-state index contributed by atoms with van der Waals surface area (Å²) >= 11 is 6.14. The van der Waals surface area contributed by atoms with Gasteiger partial charge in [0.1, 0.15) is 0 Å². The van der Waals surface area contributed by atoms with Gasteiger partial charge in [0, 0.05) is 12.3 Å². The van der Waals surface area contributed by atoms with E-state index in [1.807, 2.05) is 19.1 Å². The third-order valence-electron chi connectivity index (χ3n) is 2.79. The molecule has 1 aliphatic heterocycles. The highest BCUT2D eigenvalue weighted by Gasteiger charge is 2.26. The zero-order valence-electron chi connectivity index (χ0n) is 8.51. The largest absolute Gasteiger partial charge is 0.330 e. The van der Waals surface area contributed by atoms with E-state index in [4.69, 9.17) is 17.3 Å². The van der Waals surface area contributed by atoms with E-state index in [0.717, 1.165) is 16.8 Å². The number of anilines is 1. The summed E-state index contributed by atoms with van der Waals surface area (Å²) in [7, 11) is 0. The summed E-state index contributed by atoms with van der Waals surface area (Å²) in [5, 5.41) is 3.43. The predicted molar refractivity (Wildman–Crippen MR) is 61.2 cm³/mol. The Balaban J connectivity index is 2.55. The van der Waals surface area contributed by atoms with Crippen LogP contribution in [-0.4, -0.2) is 12.5 Å². The molecule has 15 heavy (non-hydrogen) atoms. The number of fused-ring (bicyclic) bond motifs is 1. The number of hydrogen-bond acceptors (Lipinski definition) is 2. The Morgan fingerprint density at radius 3 is 3.00 bits per heavy atom. The molecule has 1 aromatic carbocycles. The van der Waals surface area contributed by atoms with Crippen molar-refractivity contribution in [2.24, 2.45) is 5.73 Å². The van der Waals surface area contributed by atoms with Crippen molar-refractivity contribution in [3.8, 4) is 0 Å². The highest BCUT2D eigenvalue weighted by molar-refractivity contribution is 6.34. The molecular weight excluding hydrogens is 212 g/mol. The molecule has 0 aliphatic carbocycles. The fourth-order valence-electron chi connectivity index (χ4n) is 1.90. The lowest BCUT2D eigenvalue weighted by atomic mass is 9.90. The maximum Gasteiger partial charge on any atom is 0.225 e. The van der Waals surface area contributed by atoms with Gasteiger partial charge in [-0.3, -0.25) is 4.79 Å². The Labute approximate surface area is 93.6 Å². The van der Waals surface area contributed by atoms with Gasteiger partial charge in [0.15, 0.2) is 0 Å². The van der Waals surface area contributed by atoms with E-state index in [1.165, 1.54) is 0 Å². The minimum absolute atomic E-state index is 0.00884. The lowest BCUT2D eigenvalue weighted by Crippen LogP contribution is -2.27. The molecule has 3 N–H and O–H groups in total. The molecule has 1 amide bonds. The van der Waals surface area contributed by atoms with Gasteiger partial charge in [-0.1, -0.05) is 23.7 Å². The summed E-state index contributed by atoms with van der Waals surface area (Å²) in [4.78, 5) is 11.4. The Bertz CT molecular complexity index is 417. The number of aryl methyl sites for hydroxylation is 1. The van der Waals surface area contributed by atoms with E-state index in [1.54, 1.807) is 0 Å². The predicted octanol–water partition coefficient (Wildman–Crippen LogP) is 2.03. The van der Waals surface area contributed by atoms with Crippen molar-refractivity contribution >= 4 is 23.2 Å². The summed E-state index contributed by atoms with van der Waals surface area (Å²) in [6, 6.07) is 3.95. The molecule has 0 fully saturated rings. The monoisotopic (exact) mass is 224 g/mol. The number of nitrogens with one attached hydrogen (secondary N) is 1. The molecule has 3 nitrogen and oxygen atoms in total. The molecule has 4 heteroatoms. The Kier molecular flexibility index (Phi) is 2.67. The molecule has 0 aromatic heterocycles. The molecule has 0 saturated heterocycles. The molecule has 1 unspecified atom stereocenters. The van der Waals surface area contributed by atoms with Crippen LogP contribution >= 0.6 is 11.6 Å². The van der Waals surface area contributed by atoms with Crippen LogP contribution in [0.15, 0.2) is 12.1 Å². The second kappa shape index (κ2) is 3.83. The van der Waals surface area contributed by atoms with Crippen molar-refractivity contribution in [3.63, 3.8) is 0 Å². The minimum atomic E-state index is -0.00884. The van der Waals surface area contributed by atoms with Crippen molar-refractivity contribution in [2.75, 3.05) is 11.9 Å². The normalized spacial score (nSPS) is 19.7. The van der Waals surface area contributed by atoms with Gasteiger partial charge in [-0.15, -0.1) is 0 Å². The lowest BCUT2D eigenvalue weighted by molar-refractivity contribution is -0.116. The highest BCUT2D eigenvalue weighted by atomic mass is 35.5. The molecule has 0 radical (unpaired) electrons. The molecule has 1 aliphatic rings. The summed E-state index contributed by atoms with van der Waals surface area (Å²) in [6.45, 7) is 2.39. The minimum Gasteiger partial charge on any atom is -0.330 e. The third kappa shape index (κ3) is 1.73. The van der Waals surface area contributed by atoms with Crippen molar-refractivity contribution < 1.29 is 4.79 Å². The number of carbonyl (C=O) groups is 1. The number of hydrogen-bond donors (Lipinski definition) is 2. The van der Waals surface area contributed by atoms with E-state index in [-0.39, 0.29) is 11.8 Å². The summed E-state index contributed by atoms with van der Waals surface area (Å²) in [6.07, 6.45) is 0.447. The summed E-state index contributed by atoms with van der Waals surface area (Å²) in [5.41, 5.74) is 8.40. The molecule has 0 bridgehead atoms. The Morgan fingerprint density at radius 2 is 2.33 bits per heavy atom. The molecule has 1 atom stereocenters. The summed E-state index contributed by atoms with van der Waals surface area (Å²) in [5.74, 6) is 0.0808. The van der Waals surface area contributed by atoms with Crippen LogP contribution in [0, 0.1) is 6.92 Å². The smallest absolute Gasteiger partial charge is 0.225 e. The van der Waals surface area contributed by atoms with Gasteiger partial charge in [0.25, 0.3) is 0 Å². The van der Waals surface area contributed by atoms with Gasteiger partial charge in [-0.05, 0) is 24.6 Å². The third-order valence-corrected chi connectivity index (χ3v) is 3.27. The van der Waals surface area contributed by atoms with Gasteiger partial charge < -0.3 is 11.1 Å². The van der Waals surface area contributed by atoms with Crippen LogP contribution in [0.2, 0.25) is 5.02 Å². The summed E-state index contributed by atoms with van der Waals surface area (Å²) < 4.78 is 0. The lowest BCUT2D eigenvalue weighted by Gasteiger charge is -2.25. The first-order valence-corrected chi connectivity index (χ1v) is 5.30. The molecule has 2 rings (SSSR count). The molecule has 1 heterocycles. The molecule has 0 saturated carbocycles. The van der Waals surface area contributed by atoms with Gasteiger partial charge in [0.05, 0.1) is 10.7 Å². The average Bonchev–Trinajstić information content (AvgIpc) is 2.23. The second-order valence-electron chi connectivity index (χ2n) is 3.85. The highest BCUT2D eigenvalue weighted by Crippen LogP contribution is 2.38. The van der Waals surface area contributed by atoms with Crippen molar-refractivity contribution in [1.29, 1.82) is 0 Å². The van der Waals surface area contributed by atoms with Crippen LogP contribution in [0.4, 0.5) is 5.69 Å². The van der Waals surface area contributed by atoms with Gasteiger partial charge in [-0.25, -0.2) is 0 Å². The van der Waals surface area contributed by atoms with E-state index in [0.29, 0.717) is 18.0 Å². The maximum absolute atomic E-state index is 11.4. The Hall–Kier alpha value is -1.06. The topological polar surface area (TPSA) is 55.1 Å². The van der Waals surface area contributed by atoms with Crippen molar-refractivity contribution in [1.82, 2.24) is 0 Å². The van der Waals surface area contributed by atoms with Crippen molar-refractivity contribution in [3.05, 3.63) is 28.3 Å². The van der Waals surface area contributed by atoms with Crippen LogP contribution in [0.1, 0.15) is 23.5 Å². The second-order valence-corrected chi connectivity index (χ2v) is 4.22.